The molecular formula is C22H24N4O4S. The summed E-state index contributed by atoms with van der Waals surface area (Å²) in [5.41, 5.74) is 0.892. The van der Waals surface area contributed by atoms with Gasteiger partial charge in [-0.1, -0.05) is 23.4 Å². The van der Waals surface area contributed by atoms with Crippen molar-refractivity contribution in [3.8, 4) is 0 Å². The number of nitrogens with zero attached hydrogens (tertiary/aromatic N) is 3. The monoisotopic (exact) mass is 440 g/mol. The second kappa shape index (κ2) is 9.84. The average molecular weight is 441 g/mol. The lowest BCUT2D eigenvalue weighted by atomic mass is 10.2. The van der Waals surface area contributed by atoms with E-state index in [1.165, 1.54) is 0 Å². The Morgan fingerprint density at radius 3 is 2.61 bits per heavy atom. The Bertz CT molecular complexity index is 1030. The van der Waals surface area contributed by atoms with Crippen molar-refractivity contribution in [2.45, 2.75) is 17.6 Å². The van der Waals surface area contributed by atoms with Crippen LogP contribution in [0.3, 0.4) is 0 Å². The van der Waals surface area contributed by atoms with Crippen LogP contribution in [0.25, 0.3) is 0 Å². The molecule has 1 saturated heterocycles. The van der Waals surface area contributed by atoms with E-state index in [0.717, 1.165) is 10.5 Å². The molecule has 1 fully saturated rings. The molecule has 1 aromatic carbocycles. The predicted molar refractivity (Wildman–Crippen MR) is 117 cm³/mol. The molecule has 2 amide bonds. The van der Waals surface area contributed by atoms with Gasteiger partial charge in [-0.2, -0.15) is 0 Å². The van der Waals surface area contributed by atoms with Gasteiger partial charge in [0, 0.05) is 48.5 Å². The van der Waals surface area contributed by atoms with Gasteiger partial charge in [-0.3, -0.25) is 14.5 Å². The number of thioether (sulfide) groups is 1. The van der Waals surface area contributed by atoms with Crippen LogP contribution in [0.5, 0.6) is 0 Å². The topological polar surface area (TPSA) is 91.8 Å². The summed E-state index contributed by atoms with van der Waals surface area (Å²) in [6.07, 6.45) is 1.57. The average Bonchev–Trinajstić information content (AvgIpc) is 3.41. The molecule has 3 heterocycles. The van der Waals surface area contributed by atoms with Crippen molar-refractivity contribution in [2.75, 3.05) is 38.0 Å². The number of furan rings is 1. The Balaban J connectivity index is 1.27. The van der Waals surface area contributed by atoms with Crippen LogP contribution in [-0.4, -0.2) is 59.5 Å². The summed E-state index contributed by atoms with van der Waals surface area (Å²) >= 11 is 1.67. The third-order valence-electron chi connectivity index (χ3n) is 5.00. The number of carbonyl (C=O) groups excluding carboxylic acids is 2. The highest BCUT2D eigenvalue weighted by Gasteiger charge is 2.26. The highest BCUT2D eigenvalue weighted by molar-refractivity contribution is 7.98. The maximum atomic E-state index is 13.0. The van der Waals surface area contributed by atoms with E-state index >= 15 is 0 Å². The zero-order chi connectivity index (χ0) is 21.6. The third kappa shape index (κ3) is 5.56. The number of aryl methyl sites for hydroxylation is 1. The van der Waals surface area contributed by atoms with Crippen molar-refractivity contribution in [3.63, 3.8) is 0 Å². The Morgan fingerprint density at radius 2 is 1.90 bits per heavy atom. The van der Waals surface area contributed by atoms with Crippen molar-refractivity contribution in [2.24, 2.45) is 0 Å². The number of piperazine rings is 1. The zero-order valence-electron chi connectivity index (χ0n) is 17.2. The van der Waals surface area contributed by atoms with Crippen molar-refractivity contribution in [1.29, 1.82) is 0 Å². The summed E-state index contributed by atoms with van der Waals surface area (Å²) in [7, 11) is 0. The fraction of sp³-hybridized carbons (Fsp3) is 0.318. The summed E-state index contributed by atoms with van der Waals surface area (Å²) in [5.74, 6) is 1.87. The quantitative estimate of drug-likeness (QED) is 0.564. The number of hydrogen-bond acceptors (Lipinski definition) is 7. The maximum Gasteiger partial charge on any atom is 0.289 e. The van der Waals surface area contributed by atoms with Crippen LogP contribution >= 0.6 is 11.8 Å². The molecule has 0 radical (unpaired) electrons. The number of anilines is 1. The molecule has 31 heavy (non-hydrogen) atoms. The minimum Gasteiger partial charge on any atom is -0.459 e. The molecule has 0 atom stereocenters. The molecule has 0 saturated carbocycles. The Labute approximate surface area is 184 Å². The fourth-order valence-electron chi connectivity index (χ4n) is 3.38. The van der Waals surface area contributed by atoms with E-state index < -0.39 is 0 Å². The van der Waals surface area contributed by atoms with Gasteiger partial charge in [-0.15, -0.1) is 11.8 Å². The van der Waals surface area contributed by atoms with Gasteiger partial charge in [-0.05, 0) is 25.1 Å². The first-order valence-corrected chi connectivity index (χ1v) is 11.1. The SMILES string of the molecule is Cc1cc(NC(=O)CN2CCN(C(=O)c3occc3CSc3ccccc3)CC2)no1. The number of rotatable bonds is 7. The first-order chi connectivity index (χ1) is 15.1. The van der Waals surface area contributed by atoms with E-state index in [0.29, 0.717) is 49.3 Å². The van der Waals surface area contributed by atoms with Crippen molar-refractivity contribution < 1.29 is 18.5 Å². The summed E-state index contributed by atoms with van der Waals surface area (Å²) in [6, 6.07) is 13.6. The second-order valence-corrected chi connectivity index (χ2v) is 8.36. The first-order valence-electron chi connectivity index (χ1n) is 10.1. The summed E-state index contributed by atoms with van der Waals surface area (Å²) in [4.78, 5) is 30.1. The lowest BCUT2D eigenvalue weighted by Crippen LogP contribution is -2.50. The van der Waals surface area contributed by atoms with Crippen LogP contribution in [0.4, 0.5) is 5.82 Å². The summed E-state index contributed by atoms with van der Waals surface area (Å²) in [5, 5.41) is 6.48. The number of amides is 2. The van der Waals surface area contributed by atoms with Crippen LogP contribution < -0.4 is 5.32 Å². The Hall–Kier alpha value is -3.04. The minimum absolute atomic E-state index is 0.101. The molecule has 1 N–H and O–H groups in total. The van der Waals surface area contributed by atoms with E-state index in [1.54, 1.807) is 35.9 Å². The van der Waals surface area contributed by atoms with Crippen LogP contribution in [0.1, 0.15) is 21.9 Å². The zero-order valence-corrected chi connectivity index (χ0v) is 18.1. The smallest absolute Gasteiger partial charge is 0.289 e. The van der Waals surface area contributed by atoms with Gasteiger partial charge >= 0.3 is 0 Å². The molecule has 4 rings (SSSR count). The Kier molecular flexibility index (Phi) is 6.73. The van der Waals surface area contributed by atoms with Crippen LogP contribution in [0, 0.1) is 6.92 Å². The summed E-state index contributed by atoms with van der Waals surface area (Å²) < 4.78 is 10.5. The number of hydrogen-bond donors (Lipinski definition) is 1. The molecule has 8 nitrogen and oxygen atoms in total. The largest absolute Gasteiger partial charge is 0.459 e. The molecule has 0 aliphatic carbocycles. The molecule has 1 aliphatic heterocycles. The van der Waals surface area contributed by atoms with Crippen LogP contribution in [-0.2, 0) is 10.5 Å². The van der Waals surface area contributed by atoms with Crippen molar-refractivity contribution in [1.82, 2.24) is 15.0 Å². The molecule has 3 aromatic rings. The molecule has 2 aromatic heterocycles. The van der Waals surface area contributed by atoms with E-state index in [2.05, 4.69) is 10.5 Å². The van der Waals surface area contributed by atoms with Gasteiger partial charge in [0.05, 0.1) is 12.8 Å². The number of nitrogens with one attached hydrogen (secondary N) is 1. The van der Waals surface area contributed by atoms with Gasteiger partial charge in [0.2, 0.25) is 5.91 Å². The molecule has 0 unspecified atom stereocenters. The predicted octanol–water partition coefficient (Wildman–Crippen LogP) is 3.26. The normalized spacial score (nSPS) is 14.5. The van der Waals surface area contributed by atoms with Crippen molar-refractivity contribution >= 4 is 29.4 Å². The van der Waals surface area contributed by atoms with Gasteiger partial charge in [0.25, 0.3) is 5.91 Å². The van der Waals surface area contributed by atoms with Crippen LogP contribution in [0.2, 0.25) is 0 Å². The molecule has 0 spiro atoms. The molecule has 1 aliphatic rings. The molecular weight excluding hydrogens is 416 g/mol. The lowest BCUT2D eigenvalue weighted by molar-refractivity contribution is -0.117. The summed E-state index contributed by atoms with van der Waals surface area (Å²) in [6.45, 7) is 4.33. The number of benzene rings is 1. The molecule has 162 valence electrons. The minimum atomic E-state index is -0.153. The molecule has 0 bridgehead atoms. The van der Waals surface area contributed by atoms with Crippen LogP contribution in [0.15, 0.2) is 62.6 Å². The van der Waals surface area contributed by atoms with Gasteiger partial charge < -0.3 is 19.2 Å². The van der Waals surface area contributed by atoms with Gasteiger partial charge in [0.1, 0.15) is 5.76 Å². The maximum absolute atomic E-state index is 13.0. The van der Waals surface area contributed by atoms with E-state index in [-0.39, 0.29) is 18.4 Å². The highest BCUT2D eigenvalue weighted by Crippen LogP contribution is 2.25. The highest BCUT2D eigenvalue weighted by atomic mass is 32.2. The number of carbonyl (C=O) groups is 2. The van der Waals surface area contributed by atoms with Gasteiger partial charge in [-0.25, -0.2) is 0 Å². The van der Waals surface area contributed by atoms with Gasteiger partial charge in [0.15, 0.2) is 11.6 Å². The second-order valence-electron chi connectivity index (χ2n) is 7.32. The van der Waals surface area contributed by atoms with E-state index in [4.69, 9.17) is 8.94 Å². The first kappa shape index (κ1) is 21.2. The third-order valence-corrected chi connectivity index (χ3v) is 6.06. The standard InChI is InChI=1S/C22H24N4O4S/c1-16-13-19(24-30-16)23-20(27)14-25-8-10-26(11-9-25)22(28)21-17(7-12-29-21)15-31-18-5-3-2-4-6-18/h2-7,12-13H,8-11,14-15H2,1H3,(H,23,24,27). The van der Waals surface area contributed by atoms with Crippen molar-refractivity contribution in [3.05, 3.63) is 65.8 Å². The van der Waals surface area contributed by atoms with E-state index in [1.807, 2.05) is 41.3 Å². The molecule has 9 heteroatoms. The Morgan fingerprint density at radius 1 is 1.13 bits per heavy atom. The fourth-order valence-corrected chi connectivity index (χ4v) is 4.28. The lowest BCUT2D eigenvalue weighted by Gasteiger charge is -2.33. The van der Waals surface area contributed by atoms with E-state index in [9.17, 15) is 9.59 Å². The number of aromatic nitrogens is 1.